The first-order chi connectivity index (χ1) is 10.7. The van der Waals surface area contributed by atoms with Gasteiger partial charge in [-0.2, -0.15) is 0 Å². The van der Waals surface area contributed by atoms with Gasteiger partial charge in [-0.15, -0.1) is 5.10 Å². The third-order valence-corrected chi connectivity index (χ3v) is 3.55. The first-order valence-electron chi connectivity index (χ1n) is 6.76. The third kappa shape index (κ3) is 2.73. The highest BCUT2D eigenvalue weighted by Crippen LogP contribution is 2.20. The van der Waals surface area contributed by atoms with Crippen LogP contribution >= 0.6 is 12.2 Å². The number of hydrogen-bond acceptors (Lipinski definition) is 5. The molecular formula is C16H13N3O2S. The Morgan fingerprint density at radius 3 is 2.68 bits per heavy atom. The second-order valence-corrected chi connectivity index (χ2v) is 5.11. The van der Waals surface area contributed by atoms with E-state index in [1.807, 2.05) is 24.3 Å². The third-order valence-electron chi connectivity index (χ3n) is 3.28. The van der Waals surface area contributed by atoms with Crippen LogP contribution in [0, 0.1) is 4.84 Å². The molecule has 6 heteroatoms. The fourth-order valence-corrected chi connectivity index (χ4v) is 2.37. The summed E-state index contributed by atoms with van der Waals surface area (Å²) in [5.41, 5.74) is 1.33. The molecule has 2 heterocycles. The molecule has 0 saturated carbocycles. The number of pyridine rings is 1. The van der Waals surface area contributed by atoms with Crippen molar-refractivity contribution in [3.8, 4) is 11.5 Å². The maximum absolute atomic E-state index is 12.5. The molecule has 3 rings (SSSR count). The Kier molecular flexibility index (Phi) is 3.93. The molecule has 2 aromatic heterocycles. The van der Waals surface area contributed by atoms with Gasteiger partial charge >= 0.3 is 0 Å². The van der Waals surface area contributed by atoms with E-state index in [0.717, 1.165) is 0 Å². The van der Waals surface area contributed by atoms with Crippen LogP contribution in [0.4, 0.5) is 0 Å². The lowest BCUT2D eigenvalue weighted by molar-refractivity contribution is 0.0925. The molecule has 0 spiro atoms. The lowest BCUT2D eigenvalue weighted by Crippen LogP contribution is -2.18. The van der Waals surface area contributed by atoms with Crippen molar-refractivity contribution < 1.29 is 9.21 Å². The Hall–Kier alpha value is -2.60. The molecule has 0 bridgehead atoms. The van der Waals surface area contributed by atoms with Gasteiger partial charge in [0.05, 0.1) is 5.56 Å². The maximum atomic E-state index is 12.5. The number of benzene rings is 1. The molecule has 1 atom stereocenters. The van der Waals surface area contributed by atoms with E-state index < -0.39 is 6.04 Å². The summed E-state index contributed by atoms with van der Waals surface area (Å²) in [5.74, 6) is 0.286. The van der Waals surface area contributed by atoms with Crippen molar-refractivity contribution in [1.82, 2.24) is 14.8 Å². The average molecular weight is 311 g/mol. The van der Waals surface area contributed by atoms with Gasteiger partial charge < -0.3 is 4.42 Å². The highest BCUT2D eigenvalue weighted by Gasteiger charge is 2.21. The van der Waals surface area contributed by atoms with Crippen molar-refractivity contribution in [2.75, 3.05) is 0 Å². The van der Waals surface area contributed by atoms with Crippen LogP contribution in [0.1, 0.15) is 23.3 Å². The number of rotatable bonds is 4. The van der Waals surface area contributed by atoms with E-state index in [2.05, 4.69) is 10.1 Å². The van der Waals surface area contributed by atoms with Gasteiger partial charge in [-0.25, -0.2) is 4.68 Å². The van der Waals surface area contributed by atoms with E-state index in [-0.39, 0.29) is 10.6 Å². The minimum absolute atomic E-state index is 0.0669. The Morgan fingerprint density at radius 1 is 1.23 bits per heavy atom. The van der Waals surface area contributed by atoms with E-state index in [1.165, 1.54) is 4.68 Å². The number of ketones is 1. The second-order valence-electron chi connectivity index (χ2n) is 4.77. The quantitative estimate of drug-likeness (QED) is 0.543. The fourth-order valence-electron chi connectivity index (χ4n) is 2.09. The molecule has 110 valence electrons. The molecule has 1 unspecified atom stereocenters. The molecule has 0 aliphatic carbocycles. The van der Waals surface area contributed by atoms with Crippen LogP contribution in [0.25, 0.3) is 11.5 Å². The average Bonchev–Trinajstić information content (AvgIpc) is 2.97. The number of aromatic nitrogens is 3. The molecule has 0 aliphatic rings. The zero-order valence-electron chi connectivity index (χ0n) is 11.8. The second kappa shape index (κ2) is 6.03. The van der Waals surface area contributed by atoms with Crippen LogP contribution in [-0.4, -0.2) is 20.5 Å². The van der Waals surface area contributed by atoms with Crippen LogP contribution in [0.5, 0.6) is 0 Å². The zero-order chi connectivity index (χ0) is 15.5. The van der Waals surface area contributed by atoms with Crippen LogP contribution < -0.4 is 0 Å². The molecule has 0 fully saturated rings. The van der Waals surface area contributed by atoms with Gasteiger partial charge in [0.15, 0.2) is 5.78 Å². The monoisotopic (exact) mass is 311 g/mol. The molecule has 1 aromatic carbocycles. The number of Topliss-reactive ketones (excluding diaryl/α,β-unsaturated/α-hetero) is 1. The molecule has 0 amide bonds. The molecule has 0 radical (unpaired) electrons. The van der Waals surface area contributed by atoms with Crippen LogP contribution in [0.15, 0.2) is 59.3 Å². The van der Waals surface area contributed by atoms with Gasteiger partial charge in [0, 0.05) is 18.0 Å². The van der Waals surface area contributed by atoms with Crippen molar-refractivity contribution in [2.24, 2.45) is 0 Å². The highest BCUT2D eigenvalue weighted by atomic mass is 32.1. The van der Waals surface area contributed by atoms with Gasteiger partial charge in [-0.3, -0.25) is 9.78 Å². The maximum Gasteiger partial charge on any atom is 0.287 e. The van der Waals surface area contributed by atoms with Gasteiger partial charge in [0.1, 0.15) is 6.04 Å². The predicted molar refractivity (Wildman–Crippen MR) is 84.0 cm³/mol. The summed E-state index contributed by atoms with van der Waals surface area (Å²) < 4.78 is 6.91. The highest BCUT2D eigenvalue weighted by molar-refractivity contribution is 7.71. The molecule has 5 nitrogen and oxygen atoms in total. The molecule has 3 aromatic rings. The number of carbonyl (C=O) groups excluding carboxylic acids is 1. The van der Waals surface area contributed by atoms with E-state index in [9.17, 15) is 4.79 Å². The van der Waals surface area contributed by atoms with E-state index in [4.69, 9.17) is 16.6 Å². The van der Waals surface area contributed by atoms with Crippen molar-refractivity contribution in [1.29, 1.82) is 0 Å². The van der Waals surface area contributed by atoms with Crippen LogP contribution in [-0.2, 0) is 0 Å². The summed E-state index contributed by atoms with van der Waals surface area (Å²) in [5, 5.41) is 4.31. The zero-order valence-corrected chi connectivity index (χ0v) is 12.7. The van der Waals surface area contributed by atoms with E-state index >= 15 is 0 Å². The fraction of sp³-hybridized carbons (Fsp3) is 0.125. The molecule has 0 aliphatic heterocycles. The largest absolute Gasteiger partial charge is 0.409 e. The van der Waals surface area contributed by atoms with Gasteiger partial charge in [-0.05, 0) is 31.3 Å². The lowest BCUT2D eigenvalue weighted by atomic mass is 10.1. The number of nitrogens with zero attached hydrogens (tertiary/aromatic N) is 3. The lowest BCUT2D eigenvalue weighted by Gasteiger charge is -2.09. The van der Waals surface area contributed by atoms with Crippen molar-refractivity contribution in [3.63, 3.8) is 0 Å². The van der Waals surface area contributed by atoms with E-state index in [0.29, 0.717) is 17.0 Å². The molecule has 0 saturated heterocycles. The van der Waals surface area contributed by atoms with Gasteiger partial charge in [0.25, 0.3) is 4.84 Å². The Bertz CT molecular complexity index is 841. The smallest absolute Gasteiger partial charge is 0.287 e. The van der Waals surface area contributed by atoms with Gasteiger partial charge in [0.2, 0.25) is 5.89 Å². The summed E-state index contributed by atoms with van der Waals surface area (Å²) in [6.45, 7) is 1.75. The minimum atomic E-state index is -0.538. The van der Waals surface area contributed by atoms with Crippen LogP contribution in [0.3, 0.4) is 0 Å². The number of hydrogen-bond donors (Lipinski definition) is 0. The summed E-state index contributed by atoms with van der Waals surface area (Å²) in [4.78, 5) is 16.7. The Morgan fingerprint density at radius 2 is 2.00 bits per heavy atom. The minimum Gasteiger partial charge on any atom is -0.409 e. The summed E-state index contributed by atoms with van der Waals surface area (Å²) >= 11 is 5.18. The first kappa shape index (κ1) is 14.3. The summed E-state index contributed by atoms with van der Waals surface area (Å²) in [6.07, 6.45) is 3.30. The number of carbonyl (C=O) groups is 1. The topological polar surface area (TPSA) is 60.9 Å². The normalized spacial score (nSPS) is 12.0. The molecule has 0 N–H and O–H groups in total. The summed E-state index contributed by atoms with van der Waals surface area (Å²) in [7, 11) is 0. The molecule has 22 heavy (non-hydrogen) atoms. The predicted octanol–water partition coefficient (Wildman–Crippen LogP) is 3.71. The molecular weight excluding hydrogens is 298 g/mol. The van der Waals surface area contributed by atoms with Crippen LogP contribution in [0.2, 0.25) is 0 Å². The van der Waals surface area contributed by atoms with Gasteiger partial charge in [-0.1, -0.05) is 30.3 Å². The van der Waals surface area contributed by atoms with Crippen molar-refractivity contribution in [2.45, 2.75) is 13.0 Å². The van der Waals surface area contributed by atoms with Crippen molar-refractivity contribution in [3.05, 3.63) is 65.3 Å². The Labute approximate surface area is 132 Å². The summed E-state index contributed by atoms with van der Waals surface area (Å²) in [6, 6.07) is 12.1. The van der Waals surface area contributed by atoms with E-state index in [1.54, 1.807) is 37.5 Å². The SMILES string of the molecule is CC(C(=O)c1ccccc1)n1nc(-c2cccnc2)oc1=S. The standard InChI is InChI=1S/C16H13N3O2S/c1-11(14(20)12-6-3-2-4-7-12)19-16(22)21-15(18-19)13-8-5-9-17-10-13/h2-11H,1H3. The first-order valence-corrected chi connectivity index (χ1v) is 7.17. The Balaban J connectivity index is 1.94. The van der Waals surface area contributed by atoms with Crippen molar-refractivity contribution >= 4 is 18.0 Å².